The number of aromatic carboxylic acids is 1. The van der Waals surface area contributed by atoms with E-state index < -0.39 is 5.97 Å². The first-order chi connectivity index (χ1) is 9.49. The van der Waals surface area contributed by atoms with E-state index in [0.717, 1.165) is 5.56 Å². The van der Waals surface area contributed by atoms with E-state index >= 15 is 0 Å². The maximum atomic E-state index is 12.0. The summed E-state index contributed by atoms with van der Waals surface area (Å²) in [6.07, 6.45) is 0. The Morgan fingerprint density at radius 3 is 2.80 bits per heavy atom. The smallest absolute Gasteiger partial charge is 0.339 e. The van der Waals surface area contributed by atoms with Crippen LogP contribution in [0.4, 0.5) is 0 Å². The topological polar surface area (TPSA) is 79.5 Å². The number of hydrogen-bond acceptors (Lipinski definition) is 4. The van der Waals surface area contributed by atoms with E-state index in [1.54, 1.807) is 18.3 Å². The zero-order chi connectivity index (χ0) is 14.7. The lowest BCUT2D eigenvalue weighted by Gasteiger charge is -2.09. The monoisotopic (exact) mass is 293 g/mol. The Morgan fingerprint density at radius 1 is 1.50 bits per heavy atom. The van der Waals surface area contributed by atoms with Crippen molar-refractivity contribution in [1.82, 2.24) is 5.32 Å². The van der Waals surface area contributed by atoms with Gasteiger partial charge in [-0.05, 0) is 42.3 Å². The highest BCUT2D eigenvalue weighted by Gasteiger charge is 2.17. The Morgan fingerprint density at radius 2 is 2.25 bits per heavy atom. The molecule has 2 aromatic rings. The highest BCUT2D eigenvalue weighted by Crippen LogP contribution is 2.19. The van der Waals surface area contributed by atoms with Crippen LogP contribution in [0, 0.1) is 6.92 Å². The quantitative estimate of drug-likeness (QED) is 0.888. The lowest BCUT2D eigenvalue weighted by atomic mass is 10.0. The molecule has 0 aliphatic rings. The van der Waals surface area contributed by atoms with E-state index in [4.69, 9.17) is 9.52 Å². The molecule has 0 saturated carbocycles. The summed E-state index contributed by atoms with van der Waals surface area (Å²) in [5, 5.41) is 15.5. The molecule has 1 atom stereocenters. The van der Waals surface area contributed by atoms with Gasteiger partial charge in [-0.1, -0.05) is 0 Å². The first-order valence-electron chi connectivity index (χ1n) is 6.11. The van der Waals surface area contributed by atoms with Crippen molar-refractivity contribution in [3.8, 4) is 0 Å². The van der Waals surface area contributed by atoms with Gasteiger partial charge in [-0.3, -0.25) is 4.79 Å². The zero-order valence-electron chi connectivity index (χ0n) is 11.2. The van der Waals surface area contributed by atoms with Crippen LogP contribution < -0.4 is 5.32 Å². The number of carboxylic acids is 1. The van der Waals surface area contributed by atoms with Gasteiger partial charge in [0.1, 0.15) is 17.1 Å². The fraction of sp³-hybridized carbons (Fsp3) is 0.286. The molecule has 0 spiro atoms. The Kier molecular flexibility index (Phi) is 4.24. The van der Waals surface area contributed by atoms with Crippen LogP contribution in [0.3, 0.4) is 0 Å². The van der Waals surface area contributed by atoms with Crippen molar-refractivity contribution in [2.24, 2.45) is 0 Å². The van der Waals surface area contributed by atoms with Gasteiger partial charge in [0.2, 0.25) is 5.91 Å². The van der Waals surface area contributed by atoms with Gasteiger partial charge < -0.3 is 14.8 Å². The molecule has 6 heteroatoms. The number of nitrogens with one attached hydrogen (secondary N) is 1. The van der Waals surface area contributed by atoms with Crippen LogP contribution in [0.5, 0.6) is 0 Å². The molecule has 0 saturated heterocycles. The molecular formula is C14H15NO4S. The predicted molar refractivity (Wildman–Crippen MR) is 75.0 cm³/mol. The summed E-state index contributed by atoms with van der Waals surface area (Å²) in [7, 11) is 0. The maximum Gasteiger partial charge on any atom is 0.339 e. The summed E-state index contributed by atoms with van der Waals surface area (Å²) >= 11 is 1.54. The van der Waals surface area contributed by atoms with Crippen molar-refractivity contribution in [1.29, 1.82) is 0 Å². The molecule has 0 fully saturated rings. The maximum absolute atomic E-state index is 12.0. The molecule has 2 rings (SSSR count). The number of thiophene rings is 1. The fourth-order valence-electron chi connectivity index (χ4n) is 1.84. The second-order valence-corrected chi connectivity index (χ2v) is 5.26. The van der Waals surface area contributed by atoms with Crippen molar-refractivity contribution in [3.63, 3.8) is 0 Å². The normalized spacial score (nSPS) is 12.1. The average molecular weight is 293 g/mol. The predicted octanol–water partition coefficient (Wildman–Crippen LogP) is 2.77. The number of carbonyl (C=O) groups excluding carboxylic acids is 1. The van der Waals surface area contributed by atoms with Crippen LogP contribution in [0.2, 0.25) is 0 Å². The number of amides is 1. The van der Waals surface area contributed by atoms with Gasteiger partial charge in [0.05, 0.1) is 12.5 Å². The molecule has 2 N–H and O–H groups in total. The van der Waals surface area contributed by atoms with E-state index in [1.807, 2.05) is 23.8 Å². The van der Waals surface area contributed by atoms with E-state index in [2.05, 4.69) is 5.32 Å². The van der Waals surface area contributed by atoms with Gasteiger partial charge in [0, 0.05) is 0 Å². The number of carboxylic acid groups (broad SMARTS) is 1. The lowest BCUT2D eigenvalue weighted by Crippen LogP contribution is -2.27. The molecule has 0 bridgehead atoms. The zero-order valence-corrected chi connectivity index (χ0v) is 12.0. The second kappa shape index (κ2) is 5.92. The molecule has 106 valence electrons. The molecular weight excluding hydrogens is 278 g/mol. The number of hydrogen-bond donors (Lipinski definition) is 2. The van der Waals surface area contributed by atoms with Gasteiger partial charge in [0.25, 0.3) is 0 Å². The SMILES string of the molecule is Cc1oc(CNC(=O)C(C)c2ccsc2)cc1C(=O)O. The highest BCUT2D eigenvalue weighted by atomic mass is 32.1. The second-order valence-electron chi connectivity index (χ2n) is 4.48. The minimum atomic E-state index is -1.03. The first-order valence-corrected chi connectivity index (χ1v) is 7.05. The molecule has 20 heavy (non-hydrogen) atoms. The Labute approximate surface area is 120 Å². The summed E-state index contributed by atoms with van der Waals surface area (Å²) in [6, 6.07) is 3.35. The van der Waals surface area contributed by atoms with E-state index in [1.165, 1.54) is 6.07 Å². The highest BCUT2D eigenvalue weighted by molar-refractivity contribution is 7.08. The number of rotatable bonds is 5. The molecule has 1 unspecified atom stereocenters. The number of carbonyl (C=O) groups is 2. The minimum Gasteiger partial charge on any atom is -0.478 e. The third-order valence-electron chi connectivity index (χ3n) is 3.07. The standard InChI is InChI=1S/C14H15NO4S/c1-8(10-3-4-20-7-10)13(16)15-6-11-5-12(14(17)18)9(2)19-11/h3-5,7-8H,6H2,1-2H3,(H,15,16)(H,17,18). The van der Waals surface area contributed by atoms with Crippen molar-refractivity contribution < 1.29 is 19.1 Å². The Balaban J connectivity index is 1.97. The Hall–Kier alpha value is -2.08. The van der Waals surface area contributed by atoms with Crippen LogP contribution in [-0.4, -0.2) is 17.0 Å². The summed E-state index contributed by atoms with van der Waals surface area (Å²) in [4.78, 5) is 22.9. The molecule has 5 nitrogen and oxygen atoms in total. The van der Waals surface area contributed by atoms with Crippen LogP contribution in [0.25, 0.3) is 0 Å². The van der Waals surface area contributed by atoms with Gasteiger partial charge in [-0.2, -0.15) is 11.3 Å². The summed E-state index contributed by atoms with van der Waals surface area (Å²) in [5.41, 5.74) is 1.09. The number of aryl methyl sites for hydroxylation is 1. The minimum absolute atomic E-state index is 0.116. The summed E-state index contributed by atoms with van der Waals surface area (Å²) in [5.74, 6) is -0.612. The molecule has 0 aromatic carbocycles. The van der Waals surface area contributed by atoms with Crippen molar-refractivity contribution >= 4 is 23.2 Å². The third kappa shape index (κ3) is 3.08. The van der Waals surface area contributed by atoms with Crippen LogP contribution in [-0.2, 0) is 11.3 Å². The van der Waals surface area contributed by atoms with Crippen molar-refractivity contribution in [2.45, 2.75) is 26.3 Å². The van der Waals surface area contributed by atoms with Crippen molar-refractivity contribution in [3.05, 3.63) is 45.5 Å². The Bertz CT molecular complexity index is 615. The van der Waals surface area contributed by atoms with Gasteiger partial charge in [-0.15, -0.1) is 0 Å². The molecule has 2 heterocycles. The van der Waals surface area contributed by atoms with Gasteiger partial charge in [0.15, 0.2) is 0 Å². The third-order valence-corrected chi connectivity index (χ3v) is 3.77. The average Bonchev–Trinajstić information content (AvgIpc) is 3.04. The van der Waals surface area contributed by atoms with Crippen LogP contribution in [0.15, 0.2) is 27.3 Å². The lowest BCUT2D eigenvalue weighted by molar-refractivity contribution is -0.122. The van der Waals surface area contributed by atoms with Gasteiger partial charge >= 0.3 is 5.97 Å². The molecule has 1 amide bonds. The largest absolute Gasteiger partial charge is 0.478 e. The van der Waals surface area contributed by atoms with Crippen LogP contribution in [0.1, 0.15) is 40.3 Å². The summed E-state index contributed by atoms with van der Waals surface area (Å²) < 4.78 is 5.30. The van der Waals surface area contributed by atoms with Crippen molar-refractivity contribution in [2.75, 3.05) is 0 Å². The number of furan rings is 1. The molecule has 0 aliphatic carbocycles. The van der Waals surface area contributed by atoms with E-state index in [-0.39, 0.29) is 23.9 Å². The summed E-state index contributed by atoms with van der Waals surface area (Å²) in [6.45, 7) is 3.59. The molecule has 0 radical (unpaired) electrons. The fourth-order valence-corrected chi connectivity index (χ4v) is 2.60. The molecule has 2 aromatic heterocycles. The van der Waals surface area contributed by atoms with E-state index in [0.29, 0.717) is 11.5 Å². The van der Waals surface area contributed by atoms with E-state index in [9.17, 15) is 9.59 Å². The molecule has 0 aliphatic heterocycles. The van der Waals surface area contributed by atoms with Gasteiger partial charge in [-0.25, -0.2) is 4.79 Å². The first kappa shape index (κ1) is 14.3. The van der Waals surface area contributed by atoms with Crippen LogP contribution >= 0.6 is 11.3 Å².